The van der Waals surface area contributed by atoms with Gasteiger partial charge in [-0.25, -0.2) is 19.3 Å². The zero-order chi connectivity index (χ0) is 51.2. The van der Waals surface area contributed by atoms with E-state index in [2.05, 4.69) is 78.1 Å². The molecule has 0 saturated carbocycles. The standard InChI is InChI=1S/C67H54FN5O3/c68-59-61(76-67(55-40-22-7-23-41-55,56-42-24-8-25-43-56)57-44-26-9-27-45-57)58(46-74-66(52-34-16-4-17-35-52,53-36-18-5-19-37-53)54-38-20-6-21-39-54)75-64(59)73-48-71-60-62(69-47-70-63(60)73)72-65(49-28-10-1-11-29-49,50-30-12-2-13-31-50)51-32-14-3-15-33-51/h1-45,47-48,58-59,61,64H,46H2,(H,69,70,72)/t58-,59-,61-,64-/m1/s1. The quantitative estimate of drug-likeness (QED) is 0.0910. The number of hydrogen-bond donors (Lipinski definition) is 1. The van der Waals surface area contributed by atoms with Gasteiger partial charge in [0.1, 0.15) is 35.3 Å². The predicted molar refractivity (Wildman–Crippen MR) is 296 cm³/mol. The lowest BCUT2D eigenvalue weighted by molar-refractivity contribution is -0.128. The molecule has 0 spiro atoms. The van der Waals surface area contributed by atoms with Crippen LogP contribution in [0.2, 0.25) is 0 Å². The third-order valence-electron chi connectivity index (χ3n) is 14.7. The monoisotopic (exact) mass is 995 g/mol. The Hall–Kier alpha value is -8.86. The van der Waals surface area contributed by atoms with E-state index in [1.165, 1.54) is 6.33 Å². The molecule has 9 heteroatoms. The van der Waals surface area contributed by atoms with Crippen molar-refractivity contribution in [2.24, 2.45) is 0 Å². The number of aromatic nitrogens is 4. The van der Waals surface area contributed by atoms with E-state index in [0.717, 1.165) is 50.1 Å². The van der Waals surface area contributed by atoms with Crippen LogP contribution in [0.25, 0.3) is 11.2 Å². The lowest BCUT2D eigenvalue weighted by Gasteiger charge is -2.40. The highest BCUT2D eigenvalue weighted by molar-refractivity contribution is 5.84. The third kappa shape index (κ3) is 8.64. The molecular formula is C67H54FN5O3. The van der Waals surface area contributed by atoms with Gasteiger partial charge in [0.05, 0.1) is 12.9 Å². The molecule has 1 saturated heterocycles. The Bertz CT molecular complexity index is 3310. The molecule has 9 aromatic carbocycles. The zero-order valence-electron chi connectivity index (χ0n) is 41.5. The van der Waals surface area contributed by atoms with Crippen LogP contribution in [-0.4, -0.2) is 44.5 Å². The molecule has 76 heavy (non-hydrogen) atoms. The lowest BCUT2D eigenvalue weighted by atomic mass is 9.77. The van der Waals surface area contributed by atoms with E-state index < -0.39 is 41.3 Å². The normalized spacial score (nSPS) is 16.9. The number of anilines is 1. The first-order valence-corrected chi connectivity index (χ1v) is 25.7. The van der Waals surface area contributed by atoms with E-state index in [9.17, 15) is 0 Å². The summed E-state index contributed by atoms with van der Waals surface area (Å²) in [5, 5.41) is 3.88. The molecule has 1 aliphatic rings. The van der Waals surface area contributed by atoms with Gasteiger partial charge in [-0.2, -0.15) is 0 Å². The van der Waals surface area contributed by atoms with Crippen LogP contribution in [0.3, 0.4) is 0 Å². The van der Waals surface area contributed by atoms with Gasteiger partial charge in [-0.15, -0.1) is 0 Å². The van der Waals surface area contributed by atoms with Crippen LogP contribution in [0, 0.1) is 0 Å². The van der Waals surface area contributed by atoms with Gasteiger partial charge in [-0.3, -0.25) is 4.57 Å². The largest absolute Gasteiger partial charge is 0.358 e. The summed E-state index contributed by atoms with van der Waals surface area (Å²) in [6.45, 7) is -0.0864. The molecule has 12 rings (SSSR count). The van der Waals surface area contributed by atoms with E-state index in [0.29, 0.717) is 17.0 Å². The van der Waals surface area contributed by atoms with Crippen molar-refractivity contribution in [1.29, 1.82) is 0 Å². The maximum absolute atomic E-state index is 18.9. The Balaban J connectivity index is 1.01. The summed E-state index contributed by atoms with van der Waals surface area (Å²) in [6, 6.07) is 91.4. The van der Waals surface area contributed by atoms with E-state index in [1.807, 2.05) is 200 Å². The first-order chi connectivity index (χ1) is 37.6. The van der Waals surface area contributed by atoms with Crippen molar-refractivity contribution in [2.45, 2.75) is 41.3 Å². The zero-order valence-corrected chi connectivity index (χ0v) is 41.5. The molecule has 1 fully saturated rings. The molecule has 1 aliphatic heterocycles. The second-order valence-corrected chi connectivity index (χ2v) is 19.0. The van der Waals surface area contributed by atoms with Gasteiger partial charge in [0.15, 0.2) is 29.4 Å². The van der Waals surface area contributed by atoms with Crippen molar-refractivity contribution in [3.05, 3.63) is 336 Å². The van der Waals surface area contributed by atoms with Gasteiger partial charge in [0.2, 0.25) is 0 Å². The topological polar surface area (TPSA) is 83.3 Å². The van der Waals surface area contributed by atoms with Gasteiger partial charge < -0.3 is 19.5 Å². The number of nitrogens with zero attached hydrogens (tertiary/aromatic N) is 4. The number of benzene rings is 9. The van der Waals surface area contributed by atoms with Crippen molar-refractivity contribution in [1.82, 2.24) is 19.5 Å². The highest BCUT2D eigenvalue weighted by atomic mass is 19.1. The number of alkyl halides is 1. The Morgan fingerprint density at radius 2 is 0.776 bits per heavy atom. The van der Waals surface area contributed by atoms with Crippen LogP contribution in [0.5, 0.6) is 0 Å². The molecule has 8 nitrogen and oxygen atoms in total. The second kappa shape index (κ2) is 21.2. The van der Waals surface area contributed by atoms with E-state index in [1.54, 1.807) is 10.9 Å². The van der Waals surface area contributed by atoms with Crippen LogP contribution >= 0.6 is 0 Å². The van der Waals surface area contributed by atoms with Crippen LogP contribution in [0.4, 0.5) is 10.2 Å². The van der Waals surface area contributed by atoms with Gasteiger partial charge >= 0.3 is 0 Å². The first-order valence-electron chi connectivity index (χ1n) is 25.7. The molecule has 0 aliphatic carbocycles. The number of hydrogen-bond acceptors (Lipinski definition) is 7. The molecular weight excluding hydrogens is 942 g/mol. The van der Waals surface area contributed by atoms with E-state index in [-0.39, 0.29) is 6.61 Å². The highest BCUT2D eigenvalue weighted by Gasteiger charge is 2.54. The average Bonchev–Trinajstić information content (AvgIpc) is 4.08. The summed E-state index contributed by atoms with van der Waals surface area (Å²) < 4.78 is 42.9. The summed E-state index contributed by atoms with van der Waals surface area (Å²) in [5.41, 5.74) is 5.57. The number of rotatable bonds is 17. The summed E-state index contributed by atoms with van der Waals surface area (Å²) in [4.78, 5) is 14.7. The van der Waals surface area contributed by atoms with E-state index >= 15 is 4.39 Å². The minimum absolute atomic E-state index is 0.0864. The summed E-state index contributed by atoms with van der Waals surface area (Å²) in [7, 11) is 0. The summed E-state index contributed by atoms with van der Waals surface area (Å²) >= 11 is 0. The molecule has 372 valence electrons. The van der Waals surface area contributed by atoms with Gasteiger partial charge in [0, 0.05) is 0 Å². The van der Waals surface area contributed by atoms with Crippen LogP contribution in [0.15, 0.2) is 286 Å². The number of imidazole rings is 1. The fourth-order valence-electron chi connectivity index (χ4n) is 11.2. The molecule has 4 atom stereocenters. The summed E-state index contributed by atoms with van der Waals surface area (Å²) in [5.74, 6) is 0.455. The van der Waals surface area contributed by atoms with Gasteiger partial charge in [-0.05, 0) is 50.1 Å². The Morgan fingerprint density at radius 1 is 0.434 bits per heavy atom. The Labute approximate surface area is 442 Å². The fourth-order valence-corrected chi connectivity index (χ4v) is 11.2. The van der Waals surface area contributed by atoms with Crippen molar-refractivity contribution < 1.29 is 18.6 Å². The maximum Gasteiger partial charge on any atom is 0.174 e. The van der Waals surface area contributed by atoms with Crippen LogP contribution in [0.1, 0.15) is 56.3 Å². The van der Waals surface area contributed by atoms with Crippen LogP contribution < -0.4 is 5.32 Å². The molecule has 0 unspecified atom stereocenters. The fraction of sp³-hybridized carbons (Fsp3) is 0.119. The first kappa shape index (κ1) is 48.1. The van der Waals surface area contributed by atoms with Crippen molar-refractivity contribution in [2.75, 3.05) is 11.9 Å². The van der Waals surface area contributed by atoms with Crippen molar-refractivity contribution >= 4 is 17.0 Å². The molecule has 2 aromatic heterocycles. The Morgan fingerprint density at radius 3 is 1.14 bits per heavy atom. The number of fused-ring (bicyclic) bond motifs is 1. The lowest BCUT2D eigenvalue weighted by Crippen LogP contribution is -2.45. The average molecular weight is 996 g/mol. The SMILES string of the molecule is F[C@@H]1[C@H](OC(c2ccccc2)(c2ccccc2)c2ccccc2)[C@@H](COC(c2ccccc2)(c2ccccc2)c2ccccc2)O[C@H]1n1cnc2c(NC(c3ccccc3)(c3ccccc3)c3ccccc3)ncnc21. The van der Waals surface area contributed by atoms with E-state index in [4.69, 9.17) is 29.2 Å². The maximum atomic E-state index is 18.9. The van der Waals surface area contributed by atoms with Gasteiger partial charge in [-0.1, -0.05) is 273 Å². The molecule has 0 radical (unpaired) electrons. The highest BCUT2D eigenvalue weighted by Crippen LogP contribution is 2.48. The second-order valence-electron chi connectivity index (χ2n) is 19.0. The molecule has 11 aromatic rings. The third-order valence-corrected chi connectivity index (χ3v) is 14.7. The molecule has 0 amide bonds. The smallest absolute Gasteiger partial charge is 0.174 e. The summed E-state index contributed by atoms with van der Waals surface area (Å²) in [6.07, 6.45) is -2.20. The van der Waals surface area contributed by atoms with Crippen LogP contribution in [-0.2, 0) is 31.0 Å². The predicted octanol–water partition coefficient (Wildman–Crippen LogP) is 13.9. The molecule has 0 bridgehead atoms. The van der Waals surface area contributed by atoms with Crippen molar-refractivity contribution in [3.63, 3.8) is 0 Å². The molecule has 1 N–H and O–H groups in total. The van der Waals surface area contributed by atoms with Crippen molar-refractivity contribution in [3.8, 4) is 0 Å². The number of nitrogens with one attached hydrogen (secondary N) is 1. The Kier molecular flexibility index (Phi) is 13.4. The molecule has 3 heterocycles. The minimum atomic E-state index is -1.79. The van der Waals surface area contributed by atoms with Gasteiger partial charge in [0.25, 0.3) is 0 Å². The number of halogens is 1. The number of ether oxygens (including phenoxy) is 3. The minimum Gasteiger partial charge on any atom is -0.358 e.